The van der Waals surface area contributed by atoms with E-state index in [0.717, 1.165) is 11.4 Å². The molecule has 1 heterocycles. The molecule has 3 heteroatoms. The minimum Gasteiger partial charge on any atom is -0.508 e. The smallest absolute Gasteiger partial charge is 0.117 e. The summed E-state index contributed by atoms with van der Waals surface area (Å²) in [5, 5.41) is 12.9. The van der Waals surface area contributed by atoms with E-state index < -0.39 is 0 Å². The highest BCUT2D eigenvalue weighted by Gasteiger charge is 2.22. The van der Waals surface area contributed by atoms with Crippen LogP contribution in [0.25, 0.3) is 0 Å². The SMILES string of the molecule is Oc1cccc(NC2CSc3ccccc32)c1. The third-order valence-electron chi connectivity index (χ3n) is 2.89. The summed E-state index contributed by atoms with van der Waals surface area (Å²) in [4.78, 5) is 1.35. The zero-order valence-corrected chi connectivity index (χ0v) is 10.1. The number of hydrogen-bond acceptors (Lipinski definition) is 3. The van der Waals surface area contributed by atoms with Crippen molar-refractivity contribution >= 4 is 17.4 Å². The van der Waals surface area contributed by atoms with Crippen molar-refractivity contribution in [3.8, 4) is 5.75 Å². The van der Waals surface area contributed by atoms with Gasteiger partial charge in [-0.05, 0) is 23.8 Å². The van der Waals surface area contributed by atoms with Gasteiger partial charge in [-0.25, -0.2) is 0 Å². The molecule has 0 radical (unpaired) electrons. The molecule has 0 aromatic heterocycles. The summed E-state index contributed by atoms with van der Waals surface area (Å²) in [6.45, 7) is 0. The number of rotatable bonds is 2. The average molecular weight is 243 g/mol. The molecule has 1 aliphatic rings. The van der Waals surface area contributed by atoms with Crippen molar-refractivity contribution in [1.29, 1.82) is 0 Å². The number of thioether (sulfide) groups is 1. The molecular formula is C14H13NOS. The van der Waals surface area contributed by atoms with Crippen LogP contribution in [0.4, 0.5) is 5.69 Å². The van der Waals surface area contributed by atoms with Gasteiger partial charge in [0.05, 0.1) is 6.04 Å². The fraction of sp³-hybridized carbons (Fsp3) is 0.143. The highest BCUT2D eigenvalue weighted by molar-refractivity contribution is 7.99. The molecule has 2 nitrogen and oxygen atoms in total. The number of fused-ring (bicyclic) bond motifs is 1. The predicted octanol–water partition coefficient (Wildman–Crippen LogP) is 3.65. The van der Waals surface area contributed by atoms with E-state index in [1.807, 2.05) is 23.9 Å². The van der Waals surface area contributed by atoms with Crippen molar-refractivity contribution in [1.82, 2.24) is 0 Å². The van der Waals surface area contributed by atoms with Gasteiger partial charge in [0.25, 0.3) is 0 Å². The number of anilines is 1. The predicted molar refractivity (Wildman–Crippen MR) is 71.6 cm³/mol. The third-order valence-corrected chi connectivity index (χ3v) is 4.07. The van der Waals surface area contributed by atoms with Gasteiger partial charge in [-0.3, -0.25) is 0 Å². The monoisotopic (exact) mass is 243 g/mol. The Morgan fingerprint density at radius 1 is 1.12 bits per heavy atom. The van der Waals surface area contributed by atoms with Crippen molar-refractivity contribution in [2.75, 3.05) is 11.1 Å². The topological polar surface area (TPSA) is 32.3 Å². The molecule has 0 aliphatic carbocycles. The summed E-state index contributed by atoms with van der Waals surface area (Å²) >= 11 is 1.87. The van der Waals surface area contributed by atoms with E-state index in [0.29, 0.717) is 11.8 Å². The minimum absolute atomic E-state index is 0.300. The lowest BCUT2D eigenvalue weighted by Gasteiger charge is -2.14. The first-order valence-corrected chi connectivity index (χ1v) is 6.59. The molecule has 0 fully saturated rings. The second kappa shape index (κ2) is 4.34. The Bertz CT molecular complexity index is 541. The standard InChI is InChI=1S/C14H13NOS/c16-11-5-3-4-10(8-11)15-13-9-17-14-7-2-1-6-12(13)14/h1-8,13,15-16H,9H2. The lowest BCUT2D eigenvalue weighted by molar-refractivity contribution is 0.475. The van der Waals surface area contributed by atoms with Crippen molar-refractivity contribution in [2.45, 2.75) is 10.9 Å². The maximum Gasteiger partial charge on any atom is 0.117 e. The number of nitrogens with one attached hydrogen (secondary N) is 1. The Balaban J connectivity index is 1.84. The lowest BCUT2D eigenvalue weighted by atomic mass is 10.1. The quantitative estimate of drug-likeness (QED) is 0.844. The van der Waals surface area contributed by atoms with Gasteiger partial charge in [0, 0.05) is 22.4 Å². The highest BCUT2D eigenvalue weighted by atomic mass is 32.2. The first kappa shape index (κ1) is 10.5. The fourth-order valence-corrected chi connectivity index (χ4v) is 3.24. The molecule has 0 saturated heterocycles. The van der Waals surface area contributed by atoms with E-state index >= 15 is 0 Å². The molecule has 2 aromatic carbocycles. The third kappa shape index (κ3) is 2.11. The number of hydrogen-bond donors (Lipinski definition) is 2. The van der Waals surface area contributed by atoms with Crippen LogP contribution in [0.3, 0.4) is 0 Å². The van der Waals surface area contributed by atoms with Crippen LogP contribution in [0, 0.1) is 0 Å². The molecule has 0 spiro atoms. The van der Waals surface area contributed by atoms with Crippen molar-refractivity contribution in [2.24, 2.45) is 0 Å². The first-order valence-electron chi connectivity index (χ1n) is 5.60. The normalized spacial score (nSPS) is 17.8. The van der Waals surface area contributed by atoms with Crippen molar-refractivity contribution in [3.05, 3.63) is 54.1 Å². The summed E-state index contributed by atoms with van der Waals surface area (Å²) in [5.41, 5.74) is 2.31. The van der Waals surface area contributed by atoms with E-state index in [1.54, 1.807) is 12.1 Å². The average Bonchev–Trinajstić information content (AvgIpc) is 2.73. The molecular weight excluding hydrogens is 230 g/mol. The second-order valence-corrected chi connectivity index (χ2v) is 5.16. The first-order chi connectivity index (χ1) is 8.33. The Kier molecular flexibility index (Phi) is 2.69. The van der Waals surface area contributed by atoms with E-state index in [-0.39, 0.29) is 0 Å². The highest BCUT2D eigenvalue weighted by Crippen LogP contribution is 2.39. The maximum atomic E-state index is 9.44. The largest absolute Gasteiger partial charge is 0.508 e. The summed E-state index contributed by atoms with van der Waals surface area (Å²) in [7, 11) is 0. The zero-order valence-electron chi connectivity index (χ0n) is 9.26. The van der Waals surface area contributed by atoms with Gasteiger partial charge in [0.15, 0.2) is 0 Å². The van der Waals surface area contributed by atoms with Crippen LogP contribution in [-0.2, 0) is 0 Å². The molecule has 0 bridgehead atoms. The Morgan fingerprint density at radius 3 is 2.88 bits per heavy atom. The summed E-state index contributed by atoms with van der Waals surface area (Å²) in [6.07, 6.45) is 0. The Labute approximate surface area is 105 Å². The van der Waals surface area contributed by atoms with Gasteiger partial charge in [-0.1, -0.05) is 24.3 Å². The number of aromatic hydroxyl groups is 1. The van der Waals surface area contributed by atoms with E-state index in [1.165, 1.54) is 10.5 Å². The minimum atomic E-state index is 0.300. The summed E-state index contributed by atoms with van der Waals surface area (Å²) in [6, 6.07) is 16.1. The molecule has 3 rings (SSSR count). The van der Waals surface area contributed by atoms with Crippen LogP contribution < -0.4 is 5.32 Å². The zero-order chi connectivity index (χ0) is 11.7. The van der Waals surface area contributed by atoms with E-state index in [2.05, 4.69) is 29.6 Å². The van der Waals surface area contributed by atoms with E-state index in [4.69, 9.17) is 0 Å². The molecule has 17 heavy (non-hydrogen) atoms. The molecule has 2 N–H and O–H groups in total. The molecule has 1 unspecified atom stereocenters. The van der Waals surface area contributed by atoms with Gasteiger partial charge in [0.2, 0.25) is 0 Å². The van der Waals surface area contributed by atoms with Crippen LogP contribution in [0.15, 0.2) is 53.4 Å². The van der Waals surface area contributed by atoms with Crippen LogP contribution in [-0.4, -0.2) is 10.9 Å². The van der Waals surface area contributed by atoms with Gasteiger partial charge in [0.1, 0.15) is 5.75 Å². The van der Waals surface area contributed by atoms with Crippen molar-refractivity contribution in [3.63, 3.8) is 0 Å². The Morgan fingerprint density at radius 2 is 2.00 bits per heavy atom. The molecule has 1 atom stereocenters. The van der Waals surface area contributed by atoms with Crippen molar-refractivity contribution < 1.29 is 5.11 Å². The maximum absolute atomic E-state index is 9.44. The molecule has 0 saturated carbocycles. The van der Waals surface area contributed by atoms with Gasteiger partial charge >= 0.3 is 0 Å². The molecule has 2 aromatic rings. The summed E-state index contributed by atoms with van der Waals surface area (Å²) < 4.78 is 0. The fourth-order valence-electron chi connectivity index (χ4n) is 2.08. The van der Waals surface area contributed by atoms with Gasteiger partial charge in [-0.15, -0.1) is 11.8 Å². The second-order valence-electron chi connectivity index (χ2n) is 4.10. The Hall–Kier alpha value is -1.61. The van der Waals surface area contributed by atoms with Gasteiger partial charge in [-0.2, -0.15) is 0 Å². The lowest BCUT2D eigenvalue weighted by Crippen LogP contribution is -2.09. The molecule has 86 valence electrons. The van der Waals surface area contributed by atoms with Crippen LogP contribution in [0.1, 0.15) is 11.6 Å². The van der Waals surface area contributed by atoms with Gasteiger partial charge < -0.3 is 10.4 Å². The van der Waals surface area contributed by atoms with Crippen LogP contribution in [0.2, 0.25) is 0 Å². The molecule has 0 amide bonds. The molecule has 1 aliphatic heterocycles. The number of benzene rings is 2. The number of phenolic OH excluding ortho intramolecular Hbond substituents is 1. The van der Waals surface area contributed by atoms with Crippen LogP contribution in [0.5, 0.6) is 5.75 Å². The van der Waals surface area contributed by atoms with E-state index in [9.17, 15) is 5.11 Å². The van der Waals surface area contributed by atoms with Crippen LogP contribution >= 0.6 is 11.8 Å². The number of phenols is 1. The summed E-state index contributed by atoms with van der Waals surface area (Å²) in [5.74, 6) is 1.34.